The molecule has 2 nitrogen and oxygen atoms in total. The summed E-state index contributed by atoms with van der Waals surface area (Å²) < 4.78 is 0. The zero-order chi connectivity index (χ0) is 9.47. The maximum absolute atomic E-state index is 4.92. The van der Waals surface area contributed by atoms with Crippen LogP contribution in [-0.4, -0.2) is 12.8 Å². The third-order valence-electron chi connectivity index (χ3n) is 3.89. The molecule has 0 N–H and O–H groups in total. The fourth-order valence-electron chi connectivity index (χ4n) is 3.18. The summed E-state index contributed by atoms with van der Waals surface area (Å²) >= 11 is 0. The molecule has 2 rings (SSSR count). The lowest BCUT2D eigenvalue weighted by Gasteiger charge is -2.54. The van der Waals surface area contributed by atoms with Crippen molar-refractivity contribution in [3.63, 3.8) is 0 Å². The van der Waals surface area contributed by atoms with Crippen LogP contribution in [-0.2, 0) is 4.84 Å². The Bertz CT molecular complexity index is 232. The van der Waals surface area contributed by atoms with Crippen molar-refractivity contribution in [2.45, 2.75) is 39.5 Å². The molecule has 2 heteroatoms. The topological polar surface area (TPSA) is 21.6 Å². The van der Waals surface area contributed by atoms with Crippen LogP contribution >= 0.6 is 0 Å². The van der Waals surface area contributed by atoms with Gasteiger partial charge in [0.15, 0.2) is 0 Å². The standard InChI is InChI=1S/C11H19NO/c1-11(2)9-7-5-4-6-8(9)10(11)12-13-3/h8-9H,4-7H2,1-3H3/b12-10-/t8-,9+/m1/s1. The predicted octanol–water partition coefficient (Wildman–Crippen LogP) is 2.84. The molecular formula is C11H19NO. The molecule has 0 radical (unpaired) electrons. The maximum Gasteiger partial charge on any atom is 0.106 e. The quantitative estimate of drug-likeness (QED) is 0.570. The minimum atomic E-state index is 0.307. The van der Waals surface area contributed by atoms with Gasteiger partial charge in [0, 0.05) is 11.3 Å². The van der Waals surface area contributed by atoms with E-state index in [2.05, 4.69) is 19.0 Å². The molecule has 0 aromatic carbocycles. The Balaban J connectivity index is 2.16. The Morgan fingerprint density at radius 1 is 1.31 bits per heavy atom. The fourth-order valence-corrected chi connectivity index (χ4v) is 3.18. The molecule has 74 valence electrons. The van der Waals surface area contributed by atoms with Gasteiger partial charge >= 0.3 is 0 Å². The highest BCUT2D eigenvalue weighted by Gasteiger charge is 2.54. The van der Waals surface area contributed by atoms with E-state index < -0.39 is 0 Å². The summed E-state index contributed by atoms with van der Waals surface area (Å²) in [6.07, 6.45) is 5.50. The molecule has 0 saturated heterocycles. The summed E-state index contributed by atoms with van der Waals surface area (Å²) in [6.45, 7) is 4.61. The zero-order valence-electron chi connectivity index (χ0n) is 8.84. The van der Waals surface area contributed by atoms with Crippen LogP contribution in [0.3, 0.4) is 0 Å². The van der Waals surface area contributed by atoms with Crippen LogP contribution in [0.25, 0.3) is 0 Å². The summed E-state index contributed by atoms with van der Waals surface area (Å²) in [6, 6.07) is 0. The van der Waals surface area contributed by atoms with E-state index in [1.807, 2.05) is 0 Å². The second-order valence-electron chi connectivity index (χ2n) is 4.88. The number of nitrogens with zero attached hydrogens (tertiary/aromatic N) is 1. The van der Waals surface area contributed by atoms with Gasteiger partial charge in [-0.25, -0.2) is 0 Å². The second kappa shape index (κ2) is 3.00. The number of oxime groups is 1. The molecule has 0 aromatic rings. The molecule has 0 amide bonds. The summed E-state index contributed by atoms with van der Waals surface area (Å²) in [7, 11) is 1.65. The fraction of sp³-hybridized carbons (Fsp3) is 0.909. The lowest BCUT2D eigenvalue weighted by molar-refractivity contribution is 0.0967. The third kappa shape index (κ3) is 1.18. The average Bonchev–Trinajstić information content (AvgIpc) is 2.14. The molecule has 0 spiro atoms. The minimum Gasteiger partial charge on any atom is -0.399 e. The SMILES string of the molecule is CO/N=C1/[C@@H]2CCCC[C@@H]2C1(C)C. The molecule has 0 aromatic heterocycles. The Morgan fingerprint density at radius 2 is 2.00 bits per heavy atom. The van der Waals surface area contributed by atoms with E-state index in [-0.39, 0.29) is 0 Å². The minimum absolute atomic E-state index is 0.307. The van der Waals surface area contributed by atoms with Crippen LogP contribution in [0.15, 0.2) is 5.16 Å². The lowest BCUT2D eigenvalue weighted by atomic mass is 9.49. The first-order valence-electron chi connectivity index (χ1n) is 5.29. The Labute approximate surface area is 80.3 Å². The summed E-state index contributed by atoms with van der Waals surface area (Å²) in [5, 5.41) is 4.18. The molecule has 2 fully saturated rings. The van der Waals surface area contributed by atoms with Crippen LogP contribution in [0.4, 0.5) is 0 Å². The molecule has 0 bridgehead atoms. The average molecular weight is 181 g/mol. The van der Waals surface area contributed by atoms with Gasteiger partial charge < -0.3 is 4.84 Å². The van der Waals surface area contributed by atoms with Gasteiger partial charge in [0.25, 0.3) is 0 Å². The van der Waals surface area contributed by atoms with Gasteiger partial charge in [0.05, 0.1) is 5.71 Å². The van der Waals surface area contributed by atoms with Crippen molar-refractivity contribution in [1.82, 2.24) is 0 Å². The Kier molecular flexibility index (Phi) is 2.09. The first-order chi connectivity index (χ1) is 6.18. The molecule has 2 atom stereocenters. The number of hydrogen-bond donors (Lipinski definition) is 0. The normalized spacial score (nSPS) is 39.5. The predicted molar refractivity (Wildman–Crippen MR) is 53.7 cm³/mol. The molecule has 2 saturated carbocycles. The van der Waals surface area contributed by atoms with Crippen molar-refractivity contribution in [2.75, 3.05) is 7.11 Å². The lowest BCUT2D eigenvalue weighted by Crippen LogP contribution is -2.55. The molecule has 0 unspecified atom stereocenters. The largest absolute Gasteiger partial charge is 0.399 e. The van der Waals surface area contributed by atoms with Gasteiger partial charge in [-0.1, -0.05) is 31.8 Å². The van der Waals surface area contributed by atoms with E-state index in [0.717, 1.165) is 11.8 Å². The van der Waals surface area contributed by atoms with Crippen molar-refractivity contribution in [3.8, 4) is 0 Å². The third-order valence-corrected chi connectivity index (χ3v) is 3.89. The van der Waals surface area contributed by atoms with Crippen molar-refractivity contribution in [3.05, 3.63) is 0 Å². The number of fused-ring (bicyclic) bond motifs is 1. The van der Waals surface area contributed by atoms with Gasteiger partial charge in [-0.2, -0.15) is 0 Å². The number of hydrogen-bond acceptors (Lipinski definition) is 2. The van der Waals surface area contributed by atoms with Crippen molar-refractivity contribution in [1.29, 1.82) is 0 Å². The van der Waals surface area contributed by atoms with Gasteiger partial charge in [-0.15, -0.1) is 0 Å². The van der Waals surface area contributed by atoms with Crippen molar-refractivity contribution in [2.24, 2.45) is 22.4 Å². The molecule has 2 aliphatic rings. The second-order valence-corrected chi connectivity index (χ2v) is 4.88. The van der Waals surface area contributed by atoms with E-state index >= 15 is 0 Å². The number of rotatable bonds is 1. The molecule has 0 aliphatic heterocycles. The highest BCUT2D eigenvalue weighted by Crippen LogP contribution is 2.54. The maximum atomic E-state index is 4.92. The van der Waals surface area contributed by atoms with E-state index in [0.29, 0.717) is 5.41 Å². The van der Waals surface area contributed by atoms with Gasteiger partial charge in [0.1, 0.15) is 7.11 Å². The van der Waals surface area contributed by atoms with Crippen LogP contribution in [0, 0.1) is 17.3 Å². The Morgan fingerprint density at radius 3 is 2.69 bits per heavy atom. The summed E-state index contributed by atoms with van der Waals surface area (Å²) in [4.78, 5) is 4.92. The van der Waals surface area contributed by atoms with Gasteiger partial charge in [-0.3, -0.25) is 0 Å². The highest BCUT2D eigenvalue weighted by molar-refractivity contribution is 5.97. The van der Waals surface area contributed by atoms with E-state index in [1.54, 1.807) is 7.11 Å². The van der Waals surface area contributed by atoms with Crippen molar-refractivity contribution < 1.29 is 4.84 Å². The first-order valence-corrected chi connectivity index (χ1v) is 5.29. The molecule has 13 heavy (non-hydrogen) atoms. The van der Waals surface area contributed by atoms with Crippen LogP contribution < -0.4 is 0 Å². The van der Waals surface area contributed by atoms with E-state index in [4.69, 9.17) is 4.84 Å². The smallest absolute Gasteiger partial charge is 0.106 e. The van der Waals surface area contributed by atoms with E-state index in [1.165, 1.54) is 31.4 Å². The highest BCUT2D eigenvalue weighted by atomic mass is 16.6. The van der Waals surface area contributed by atoms with Crippen LogP contribution in [0.2, 0.25) is 0 Å². The zero-order valence-corrected chi connectivity index (χ0v) is 8.84. The van der Waals surface area contributed by atoms with Gasteiger partial charge in [-0.05, 0) is 18.8 Å². The first kappa shape index (κ1) is 9.04. The molecule has 2 aliphatic carbocycles. The van der Waals surface area contributed by atoms with Crippen LogP contribution in [0.1, 0.15) is 39.5 Å². The summed E-state index contributed by atoms with van der Waals surface area (Å²) in [5.74, 6) is 1.61. The van der Waals surface area contributed by atoms with E-state index in [9.17, 15) is 0 Å². The van der Waals surface area contributed by atoms with Crippen LogP contribution in [0.5, 0.6) is 0 Å². The molecule has 0 heterocycles. The van der Waals surface area contributed by atoms with Crippen molar-refractivity contribution >= 4 is 5.71 Å². The molecular weight excluding hydrogens is 162 g/mol. The summed E-state index contributed by atoms with van der Waals surface area (Å²) in [5.41, 5.74) is 1.61. The van der Waals surface area contributed by atoms with Gasteiger partial charge in [0.2, 0.25) is 0 Å². The Hall–Kier alpha value is -0.530. The monoisotopic (exact) mass is 181 g/mol.